The van der Waals surface area contributed by atoms with Gasteiger partial charge in [-0.05, 0) is 63.1 Å². The first-order valence-corrected chi connectivity index (χ1v) is 10.7. The Morgan fingerprint density at radius 3 is 2.48 bits per heavy atom. The molecule has 2 aromatic rings. The molecule has 0 saturated carbocycles. The number of nitrogens with zero attached hydrogens (tertiary/aromatic N) is 2. The molecule has 1 saturated heterocycles. The molecule has 27 heavy (non-hydrogen) atoms. The lowest BCUT2D eigenvalue weighted by atomic mass is 10.1. The van der Waals surface area contributed by atoms with E-state index in [1.165, 1.54) is 12.1 Å². The SMILES string of the molecule is Cc1ccc(CN(C)C(=O)c2ccc(S(=O)(=O)N3CCCCC3C)cc2)o1. The van der Waals surface area contributed by atoms with Crippen molar-refractivity contribution >= 4 is 15.9 Å². The maximum Gasteiger partial charge on any atom is 0.254 e. The second-order valence-electron chi connectivity index (χ2n) is 7.16. The Morgan fingerprint density at radius 2 is 1.89 bits per heavy atom. The van der Waals surface area contributed by atoms with Gasteiger partial charge in [-0.3, -0.25) is 4.79 Å². The number of benzene rings is 1. The van der Waals surface area contributed by atoms with E-state index in [4.69, 9.17) is 4.42 Å². The van der Waals surface area contributed by atoms with Crippen molar-refractivity contribution < 1.29 is 17.6 Å². The van der Waals surface area contributed by atoms with Gasteiger partial charge in [0, 0.05) is 25.2 Å². The first kappa shape index (κ1) is 19.6. The average molecular weight is 391 g/mol. The topological polar surface area (TPSA) is 70.8 Å². The van der Waals surface area contributed by atoms with Crippen molar-refractivity contribution in [2.24, 2.45) is 0 Å². The molecule has 7 heteroatoms. The minimum absolute atomic E-state index is 0.00736. The highest BCUT2D eigenvalue weighted by Crippen LogP contribution is 2.25. The number of piperidine rings is 1. The normalized spacial score (nSPS) is 18.4. The van der Waals surface area contributed by atoms with Gasteiger partial charge in [-0.15, -0.1) is 0 Å². The standard InChI is InChI=1S/C20H26N2O4S/c1-15-6-4-5-13-22(15)27(24,25)19-11-8-17(9-12-19)20(23)21(3)14-18-10-7-16(2)26-18/h7-12,15H,4-6,13-14H2,1-3H3. The van der Waals surface area contributed by atoms with Gasteiger partial charge in [0.25, 0.3) is 5.91 Å². The van der Waals surface area contributed by atoms with E-state index < -0.39 is 10.0 Å². The van der Waals surface area contributed by atoms with Gasteiger partial charge in [0.15, 0.2) is 0 Å². The molecule has 0 aliphatic carbocycles. The van der Waals surface area contributed by atoms with Crippen molar-refractivity contribution in [2.75, 3.05) is 13.6 Å². The first-order chi connectivity index (χ1) is 12.8. The van der Waals surface area contributed by atoms with Gasteiger partial charge in [0.05, 0.1) is 11.4 Å². The summed E-state index contributed by atoms with van der Waals surface area (Å²) in [6, 6.07) is 9.90. The second-order valence-corrected chi connectivity index (χ2v) is 9.05. The van der Waals surface area contributed by atoms with Crippen molar-refractivity contribution in [1.82, 2.24) is 9.21 Å². The third-order valence-corrected chi connectivity index (χ3v) is 7.01. The molecular formula is C20H26N2O4S. The van der Waals surface area contributed by atoms with Crippen LogP contribution in [0.3, 0.4) is 0 Å². The van der Waals surface area contributed by atoms with Crippen LogP contribution in [0.2, 0.25) is 0 Å². The molecule has 0 radical (unpaired) electrons. The Balaban J connectivity index is 1.73. The van der Waals surface area contributed by atoms with Crippen LogP contribution >= 0.6 is 0 Å². The molecule has 1 fully saturated rings. The summed E-state index contributed by atoms with van der Waals surface area (Å²) in [5, 5.41) is 0. The molecule has 146 valence electrons. The third-order valence-electron chi connectivity index (χ3n) is 4.99. The zero-order chi connectivity index (χ0) is 19.6. The van der Waals surface area contributed by atoms with E-state index in [-0.39, 0.29) is 16.8 Å². The Kier molecular flexibility index (Phi) is 5.72. The van der Waals surface area contributed by atoms with Crippen molar-refractivity contribution in [3.05, 3.63) is 53.5 Å². The van der Waals surface area contributed by atoms with Crippen LogP contribution in [0.5, 0.6) is 0 Å². The van der Waals surface area contributed by atoms with Crippen LogP contribution in [0.15, 0.2) is 45.7 Å². The van der Waals surface area contributed by atoms with E-state index in [0.717, 1.165) is 25.0 Å². The van der Waals surface area contributed by atoms with Crippen LogP contribution in [0.1, 0.15) is 48.1 Å². The Bertz CT molecular complexity index is 902. The zero-order valence-corrected chi connectivity index (χ0v) is 16.8. The summed E-state index contributed by atoms with van der Waals surface area (Å²) >= 11 is 0. The Morgan fingerprint density at radius 1 is 1.19 bits per heavy atom. The van der Waals surface area contributed by atoms with Crippen LogP contribution < -0.4 is 0 Å². The molecule has 1 aliphatic rings. The quantitative estimate of drug-likeness (QED) is 0.784. The Hall–Kier alpha value is -2.12. The van der Waals surface area contributed by atoms with Crippen LogP contribution in [0.25, 0.3) is 0 Å². The minimum Gasteiger partial charge on any atom is -0.464 e. The van der Waals surface area contributed by atoms with E-state index in [1.54, 1.807) is 28.4 Å². The predicted octanol–water partition coefficient (Wildman–Crippen LogP) is 3.42. The summed E-state index contributed by atoms with van der Waals surface area (Å²) in [7, 11) is -1.83. The van der Waals surface area contributed by atoms with E-state index in [1.807, 2.05) is 26.0 Å². The molecule has 1 aromatic carbocycles. The monoisotopic (exact) mass is 390 g/mol. The maximum atomic E-state index is 12.9. The maximum absolute atomic E-state index is 12.9. The predicted molar refractivity (Wildman–Crippen MR) is 103 cm³/mol. The van der Waals surface area contributed by atoms with Crippen LogP contribution in [-0.2, 0) is 16.6 Å². The van der Waals surface area contributed by atoms with Gasteiger partial charge in [-0.1, -0.05) is 6.42 Å². The van der Waals surface area contributed by atoms with E-state index in [0.29, 0.717) is 24.4 Å². The van der Waals surface area contributed by atoms with Gasteiger partial charge in [0.2, 0.25) is 10.0 Å². The molecule has 1 amide bonds. The highest BCUT2D eigenvalue weighted by Gasteiger charge is 2.31. The van der Waals surface area contributed by atoms with Gasteiger partial charge in [-0.25, -0.2) is 8.42 Å². The number of aryl methyl sites for hydroxylation is 1. The summed E-state index contributed by atoms with van der Waals surface area (Å²) < 4.78 is 32.8. The number of sulfonamides is 1. The fourth-order valence-electron chi connectivity index (χ4n) is 3.43. The lowest BCUT2D eigenvalue weighted by molar-refractivity contribution is 0.0775. The van der Waals surface area contributed by atoms with E-state index in [9.17, 15) is 13.2 Å². The van der Waals surface area contributed by atoms with Gasteiger partial charge < -0.3 is 9.32 Å². The van der Waals surface area contributed by atoms with E-state index in [2.05, 4.69) is 0 Å². The van der Waals surface area contributed by atoms with Gasteiger partial charge in [-0.2, -0.15) is 4.31 Å². The number of amides is 1. The molecule has 0 bridgehead atoms. The number of carbonyl (C=O) groups is 1. The van der Waals surface area contributed by atoms with Crippen LogP contribution in [-0.4, -0.2) is 43.2 Å². The molecule has 1 aromatic heterocycles. The number of rotatable bonds is 5. The van der Waals surface area contributed by atoms with Crippen molar-refractivity contribution in [3.8, 4) is 0 Å². The number of carbonyl (C=O) groups excluding carboxylic acids is 1. The molecule has 1 unspecified atom stereocenters. The van der Waals surface area contributed by atoms with Crippen molar-refractivity contribution in [1.29, 1.82) is 0 Å². The average Bonchev–Trinajstić information content (AvgIpc) is 3.06. The zero-order valence-electron chi connectivity index (χ0n) is 16.0. The summed E-state index contributed by atoms with van der Waals surface area (Å²) in [5.74, 6) is 1.33. The van der Waals surface area contributed by atoms with Crippen LogP contribution in [0.4, 0.5) is 0 Å². The number of furan rings is 1. The fraction of sp³-hybridized carbons (Fsp3) is 0.450. The summed E-state index contributed by atoms with van der Waals surface area (Å²) in [4.78, 5) is 14.4. The molecule has 3 rings (SSSR count). The molecule has 2 heterocycles. The Labute approximate surface area is 160 Å². The lowest BCUT2D eigenvalue weighted by Crippen LogP contribution is -2.41. The third kappa shape index (κ3) is 4.25. The first-order valence-electron chi connectivity index (χ1n) is 9.22. The molecule has 0 N–H and O–H groups in total. The summed E-state index contributed by atoms with van der Waals surface area (Å²) in [6.45, 7) is 4.71. The fourth-order valence-corrected chi connectivity index (χ4v) is 5.13. The minimum atomic E-state index is -3.53. The molecule has 1 aliphatic heterocycles. The largest absolute Gasteiger partial charge is 0.464 e. The highest BCUT2D eigenvalue weighted by molar-refractivity contribution is 7.89. The van der Waals surface area contributed by atoms with Gasteiger partial charge >= 0.3 is 0 Å². The lowest BCUT2D eigenvalue weighted by Gasteiger charge is -2.32. The van der Waals surface area contributed by atoms with Crippen LogP contribution in [0, 0.1) is 6.92 Å². The molecule has 6 nitrogen and oxygen atoms in total. The number of hydrogen-bond donors (Lipinski definition) is 0. The molecule has 0 spiro atoms. The van der Waals surface area contributed by atoms with Gasteiger partial charge in [0.1, 0.15) is 11.5 Å². The van der Waals surface area contributed by atoms with Crippen molar-refractivity contribution in [2.45, 2.75) is 50.6 Å². The molecule has 1 atom stereocenters. The number of hydrogen-bond acceptors (Lipinski definition) is 4. The smallest absolute Gasteiger partial charge is 0.254 e. The van der Waals surface area contributed by atoms with Crippen molar-refractivity contribution in [3.63, 3.8) is 0 Å². The molecular weight excluding hydrogens is 364 g/mol. The van der Waals surface area contributed by atoms with E-state index >= 15 is 0 Å². The second kappa shape index (κ2) is 7.86. The summed E-state index contributed by atoms with van der Waals surface area (Å²) in [6.07, 6.45) is 2.83. The summed E-state index contributed by atoms with van der Waals surface area (Å²) in [5.41, 5.74) is 0.450. The highest BCUT2D eigenvalue weighted by atomic mass is 32.2.